The third kappa shape index (κ3) is 8.12. The Hall–Kier alpha value is -2.93. The molecule has 0 heterocycles. The lowest BCUT2D eigenvalue weighted by molar-refractivity contribution is -0.145. The molecule has 0 spiro atoms. The van der Waals surface area contributed by atoms with Crippen molar-refractivity contribution in [1.82, 2.24) is 16.0 Å². The highest BCUT2D eigenvalue weighted by atomic mass is 16.4. The van der Waals surface area contributed by atoms with Crippen LogP contribution in [-0.4, -0.2) is 81.3 Å². The SMILES string of the molecule is CCC(CC)[C@H](NC(C)=O)[C@@H]1[C@H](O)[C@@H](C(=O)N[C@@H]2C[C@H](C(=O)O)[C@@H](O)[C@H]2[C@@H](NC(C)=O)C(CC)CC)C[C@H]1N=C(N)N. The summed E-state index contributed by atoms with van der Waals surface area (Å²) >= 11 is 0. The van der Waals surface area contributed by atoms with E-state index in [1.807, 2.05) is 27.7 Å². The molecule has 0 aromatic carbocycles. The number of nitrogens with two attached hydrogens (primary N) is 2. The van der Waals surface area contributed by atoms with Gasteiger partial charge >= 0.3 is 5.97 Å². The summed E-state index contributed by atoms with van der Waals surface area (Å²) in [4.78, 5) is 54.6. The molecule has 2 aliphatic rings. The number of rotatable bonds is 14. The van der Waals surface area contributed by atoms with Crippen LogP contribution in [0.1, 0.15) is 80.1 Å². The van der Waals surface area contributed by atoms with Gasteiger partial charge in [-0.1, -0.05) is 53.4 Å². The van der Waals surface area contributed by atoms with Crippen LogP contribution in [-0.2, 0) is 19.2 Å². The quantitative estimate of drug-likeness (QED) is 0.100. The number of carboxylic acids is 1. The Kier molecular flexibility index (Phi) is 13.0. The summed E-state index contributed by atoms with van der Waals surface area (Å²) in [6.45, 7) is 10.6. The zero-order chi connectivity index (χ0) is 31.9. The van der Waals surface area contributed by atoms with Gasteiger partial charge in [-0.05, 0) is 24.7 Å². The number of aliphatic hydroxyl groups excluding tert-OH is 2. The monoisotopic (exact) mass is 596 g/mol. The Bertz CT molecular complexity index is 982. The van der Waals surface area contributed by atoms with Gasteiger partial charge in [-0.25, -0.2) is 4.99 Å². The van der Waals surface area contributed by atoms with Crippen molar-refractivity contribution in [3.63, 3.8) is 0 Å². The van der Waals surface area contributed by atoms with Crippen molar-refractivity contribution in [2.75, 3.05) is 0 Å². The van der Waals surface area contributed by atoms with Gasteiger partial charge in [0.05, 0.1) is 30.1 Å². The van der Waals surface area contributed by atoms with E-state index < -0.39 is 71.9 Å². The van der Waals surface area contributed by atoms with Crippen LogP contribution >= 0.6 is 0 Å². The Morgan fingerprint density at radius 3 is 1.64 bits per heavy atom. The number of hydrogen-bond donors (Lipinski definition) is 8. The van der Waals surface area contributed by atoms with E-state index in [4.69, 9.17) is 11.5 Å². The van der Waals surface area contributed by atoms with E-state index in [-0.39, 0.29) is 42.5 Å². The third-order valence-electron chi connectivity index (χ3n) is 9.50. The first-order valence-corrected chi connectivity index (χ1v) is 15.2. The number of nitrogens with one attached hydrogen (secondary N) is 3. The second kappa shape index (κ2) is 15.5. The van der Waals surface area contributed by atoms with Crippen LogP contribution in [0.5, 0.6) is 0 Å². The van der Waals surface area contributed by atoms with E-state index in [0.29, 0.717) is 12.8 Å². The molecule has 2 saturated carbocycles. The van der Waals surface area contributed by atoms with E-state index in [9.17, 15) is 34.5 Å². The summed E-state index contributed by atoms with van der Waals surface area (Å²) in [5.74, 6) is -6.07. The fourth-order valence-electron chi connectivity index (χ4n) is 7.45. The molecular formula is C29H52N6O7. The zero-order valence-corrected chi connectivity index (χ0v) is 25.7. The van der Waals surface area contributed by atoms with Gasteiger partial charge in [0.2, 0.25) is 17.7 Å². The number of aliphatic imine (C=N–C) groups is 1. The van der Waals surface area contributed by atoms with Crippen LogP contribution in [0.2, 0.25) is 0 Å². The fourth-order valence-corrected chi connectivity index (χ4v) is 7.45. The van der Waals surface area contributed by atoms with E-state index >= 15 is 0 Å². The topological polar surface area (TPSA) is 229 Å². The average Bonchev–Trinajstić information content (AvgIpc) is 3.39. The predicted molar refractivity (Wildman–Crippen MR) is 158 cm³/mol. The van der Waals surface area contributed by atoms with Crippen LogP contribution in [0.3, 0.4) is 0 Å². The largest absolute Gasteiger partial charge is 0.481 e. The number of carboxylic acid groups (broad SMARTS) is 1. The summed E-state index contributed by atoms with van der Waals surface area (Å²) in [5, 5.41) is 41.4. The molecule has 0 radical (unpaired) electrons. The molecule has 42 heavy (non-hydrogen) atoms. The Morgan fingerprint density at radius 1 is 0.786 bits per heavy atom. The van der Waals surface area contributed by atoms with Crippen molar-refractivity contribution in [2.24, 2.45) is 52.0 Å². The van der Waals surface area contributed by atoms with Crippen LogP contribution in [0.25, 0.3) is 0 Å². The molecule has 2 rings (SSSR count). The standard InChI is InChI=1S/C29H52N6O7/c1-7-15(8-2)23(32-13(5)36)21-19(12-18(26(21)39)28(41)42)34-27(40)17-11-20(35-29(30)31)22(25(17)38)24(33-14(6)37)16(9-3)10-4/h15-26,38-39H,7-12H2,1-6H3,(H,32,36)(H,33,37)(H,34,40)(H,41,42)(H4,30,31,35)/t17-,18-,19+,20+,21+,22+,23-,24-,25+,26+/m0/s1. The minimum atomic E-state index is -1.31. The first kappa shape index (κ1) is 35.3. The molecule has 240 valence electrons. The number of carbonyl (C=O) groups is 4. The van der Waals surface area contributed by atoms with Gasteiger partial charge in [-0.2, -0.15) is 0 Å². The van der Waals surface area contributed by atoms with Gasteiger partial charge in [0.1, 0.15) is 0 Å². The fraction of sp³-hybridized carbons (Fsp3) is 0.828. The number of carbonyl (C=O) groups excluding carboxylic acids is 3. The molecule has 0 unspecified atom stereocenters. The smallest absolute Gasteiger partial charge is 0.309 e. The second-order valence-corrected chi connectivity index (χ2v) is 12.0. The number of amides is 3. The van der Waals surface area contributed by atoms with Crippen molar-refractivity contribution in [1.29, 1.82) is 0 Å². The van der Waals surface area contributed by atoms with Gasteiger partial charge in [0, 0.05) is 43.8 Å². The van der Waals surface area contributed by atoms with E-state index in [0.717, 1.165) is 12.8 Å². The number of guanidine groups is 1. The lowest BCUT2D eigenvalue weighted by atomic mass is 9.80. The highest BCUT2D eigenvalue weighted by molar-refractivity contribution is 5.81. The molecule has 2 fully saturated rings. The summed E-state index contributed by atoms with van der Waals surface area (Å²) in [5.41, 5.74) is 11.4. The molecule has 10 atom stereocenters. The molecule has 0 aromatic heterocycles. The molecule has 0 aliphatic heterocycles. The molecule has 0 saturated heterocycles. The summed E-state index contributed by atoms with van der Waals surface area (Å²) in [6, 6.07) is -2.48. The van der Waals surface area contributed by atoms with Crippen LogP contribution in [0.4, 0.5) is 0 Å². The molecular weight excluding hydrogens is 544 g/mol. The predicted octanol–water partition coefficient (Wildman–Crippen LogP) is 0.0736. The highest BCUT2D eigenvalue weighted by Crippen LogP contribution is 2.42. The zero-order valence-electron chi connectivity index (χ0n) is 25.7. The molecule has 0 aromatic rings. The Balaban J connectivity index is 2.46. The summed E-state index contributed by atoms with van der Waals surface area (Å²) in [6.07, 6.45) is 0.342. The molecule has 3 amide bonds. The van der Waals surface area contributed by atoms with Gasteiger partial charge < -0.3 is 42.7 Å². The first-order chi connectivity index (χ1) is 19.7. The van der Waals surface area contributed by atoms with Crippen molar-refractivity contribution in [3.05, 3.63) is 0 Å². The van der Waals surface area contributed by atoms with Gasteiger partial charge in [-0.3, -0.25) is 19.2 Å². The lowest BCUT2D eigenvalue weighted by Gasteiger charge is -2.37. The molecule has 0 bridgehead atoms. The van der Waals surface area contributed by atoms with E-state index in [1.165, 1.54) is 13.8 Å². The molecule has 13 heteroatoms. The lowest BCUT2D eigenvalue weighted by Crippen LogP contribution is -2.55. The summed E-state index contributed by atoms with van der Waals surface area (Å²) < 4.78 is 0. The van der Waals surface area contributed by atoms with Crippen molar-refractivity contribution >= 4 is 29.7 Å². The number of aliphatic carboxylic acids is 1. The Morgan fingerprint density at radius 2 is 1.24 bits per heavy atom. The average molecular weight is 597 g/mol. The minimum absolute atomic E-state index is 0.00354. The maximum atomic E-state index is 13.8. The molecule has 2 aliphatic carbocycles. The van der Waals surface area contributed by atoms with E-state index in [2.05, 4.69) is 20.9 Å². The summed E-state index contributed by atoms with van der Waals surface area (Å²) in [7, 11) is 0. The van der Waals surface area contributed by atoms with Crippen molar-refractivity contribution in [2.45, 2.75) is 116 Å². The number of nitrogens with zero attached hydrogens (tertiary/aromatic N) is 1. The first-order valence-electron chi connectivity index (χ1n) is 15.2. The van der Waals surface area contributed by atoms with Crippen LogP contribution in [0.15, 0.2) is 4.99 Å². The van der Waals surface area contributed by atoms with Crippen LogP contribution < -0.4 is 27.4 Å². The van der Waals surface area contributed by atoms with Gasteiger partial charge in [0.25, 0.3) is 0 Å². The normalized spacial score (nSPS) is 30.5. The van der Waals surface area contributed by atoms with Crippen LogP contribution in [0, 0.1) is 35.5 Å². The van der Waals surface area contributed by atoms with Gasteiger partial charge in [-0.15, -0.1) is 0 Å². The van der Waals surface area contributed by atoms with E-state index in [1.54, 1.807) is 0 Å². The van der Waals surface area contributed by atoms with Crippen molar-refractivity contribution < 1.29 is 34.5 Å². The van der Waals surface area contributed by atoms with Crippen molar-refractivity contribution in [3.8, 4) is 0 Å². The third-order valence-corrected chi connectivity index (χ3v) is 9.50. The highest BCUT2D eigenvalue weighted by Gasteiger charge is 2.54. The minimum Gasteiger partial charge on any atom is -0.481 e. The maximum absolute atomic E-state index is 13.8. The maximum Gasteiger partial charge on any atom is 0.309 e. The number of hydrogen-bond acceptors (Lipinski definition) is 7. The number of aliphatic hydroxyl groups is 2. The molecule has 10 N–H and O–H groups in total. The molecule has 13 nitrogen and oxygen atoms in total. The van der Waals surface area contributed by atoms with Gasteiger partial charge in [0.15, 0.2) is 5.96 Å². The second-order valence-electron chi connectivity index (χ2n) is 12.0. The Labute approximate surface area is 248 Å².